The van der Waals surface area contributed by atoms with Gasteiger partial charge in [0.2, 0.25) is 5.91 Å². The molecule has 16 heavy (non-hydrogen) atoms. The number of nitrogens with zero attached hydrogens (tertiary/aromatic N) is 1. The number of urea groups is 1. The number of amides is 3. The van der Waals surface area contributed by atoms with Crippen LogP contribution in [0.2, 0.25) is 0 Å². The highest BCUT2D eigenvalue weighted by molar-refractivity contribution is 5.97. The first kappa shape index (κ1) is 10.0. The molecule has 0 radical (unpaired) electrons. The van der Waals surface area contributed by atoms with Crippen molar-refractivity contribution in [2.75, 3.05) is 0 Å². The maximum Gasteiger partial charge on any atom is 0.326 e. The van der Waals surface area contributed by atoms with Crippen molar-refractivity contribution in [1.82, 2.24) is 10.2 Å². The largest absolute Gasteiger partial charge is 0.390 e. The van der Waals surface area contributed by atoms with Crippen LogP contribution in [0.15, 0.2) is 0 Å². The van der Waals surface area contributed by atoms with Crippen LogP contribution in [-0.2, 0) is 9.53 Å². The molecule has 0 aromatic rings. The Bertz CT molecular complexity index is 360. The zero-order valence-corrected chi connectivity index (χ0v) is 8.37. The summed E-state index contributed by atoms with van der Waals surface area (Å²) >= 11 is 0. The van der Waals surface area contributed by atoms with E-state index in [1.807, 2.05) is 0 Å². The summed E-state index contributed by atoms with van der Waals surface area (Å²) in [6.07, 6.45) is -2.70. The standard InChI is InChI=1S/C9H12N2O5/c12-4-2-6-11-3(7(14)8(4)16-6)1-5(13)10-9(11)15/h3-4,6-8,12,14H,1-2H2,(H,10,13,15)/t3-,4-,6+,7-,8-/m0/s1. The molecular weight excluding hydrogens is 216 g/mol. The molecular formula is C9H12N2O5. The Kier molecular flexibility index (Phi) is 1.97. The van der Waals surface area contributed by atoms with E-state index in [0.717, 1.165) is 0 Å². The lowest BCUT2D eigenvalue weighted by molar-refractivity contribution is -0.178. The van der Waals surface area contributed by atoms with Crippen LogP contribution in [0, 0.1) is 0 Å². The van der Waals surface area contributed by atoms with E-state index in [0.29, 0.717) is 0 Å². The molecule has 3 amide bonds. The molecule has 7 heteroatoms. The number of hydrogen-bond acceptors (Lipinski definition) is 5. The zero-order chi connectivity index (χ0) is 11.4. The average molecular weight is 228 g/mol. The predicted octanol–water partition coefficient (Wildman–Crippen LogP) is -1.85. The first-order valence-electron chi connectivity index (χ1n) is 5.21. The third kappa shape index (κ3) is 1.19. The van der Waals surface area contributed by atoms with Gasteiger partial charge in [0.05, 0.1) is 18.6 Å². The molecule has 2 bridgehead atoms. The van der Waals surface area contributed by atoms with E-state index in [4.69, 9.17) is 4.74 Å². The summed E-state index contributed by atoms with van der Waals surface area (Å²) in [4.78, 5) is 24.1. The molecule has 3 rings (SSSR count). The van der Waals surface area contributed by atoms with Gasteiger partial charge in [0, 0.05) is 6.42 Å². The van der Waals surface area contributed by atoms with Crippen molar-refractivity contribution in [1.29, 1.82) is 0 Å². The first-order valence-corrected chi connectivity index (χ1v) is 5.21. The van der Waals surface area contributed by atoms with Crippen LogP contribution in [0.3, 0.4) is 0 Å². The molecule has 3 aliphatic rings. The van der Waals surface area contributed by atoms with Crippen LogP contribution >= 0.6 is 0 Å². The van der Waals surface area contributed by atoms with E-state index in [9.17, 15) is 19.8 Å². The third-order valence-corrected chi connectivity index (χ3v) is 3.41. The second kappa shape index (κ2) is 3.16. The number of carbonyl (C=O) groups is 2. The van der Waals surface area contributed by atoms with E-state index < -0.39 is 42.5 Å². The van der Waals surface area contributed by atoms with Gasteiger partial charge in [-0.05, 0) is 0 Å². The number of aliphatic hydroxyl groups excluding tert-OH is 2. The van der Waals surface area contributed by atoms with Crippen molar-refractivity contribution in [3.8, 4) is 0 Å². The third-order valence-electron chi connectivity index (χ3n) is 3.41. The molecule has 5 atom stereocenters. The van der Waals surface area contributed by atoms with Crippen LogP contribution in [-0.4, -0.2) is 57.6 Å². The highest BCUT2D eigenvalue weighted by Crippen LogP contribution is 2.36. The van der Waals surface area contributed by atoms with Crippen LogP contribution in [0.1, 0.15) is 12.8 Å². The van der Waals surface area contributed by atoms with Gasteiger partial charge in [-0.15, -0.1) is 0 Å². The minimum absolute atomic E-state index is 0.0516. The number of aliphatic hydroxyl groups is 2. The number of imide groups is 1. The Hall–Kier alpha value is -1.18. The molecule has 3 saturated heterocycles. The summed E-state index contributed by atoms with van der Waals surface area (Å²) in [5.41, 5.74) is 0. The van der Waals surface area contributed by atoms with Gasteiger partial charge < -0.3 is 14.9 Å². The van der Waals surface area contributed by atoms with Crippen LogP contribution < -0.4 is 5.32 Å². The lowest BCUT2D eigenvalue weighted by atomic mass is 9.97. The monoisotopic (exact) mass is 228 g/mol. The van der Waals surface area contributed by atoms with Gasteiger partial charge >= 0.3 is 6.03 Å². The fourth-order valence-corrected chi connectivity index (χ4v) is 2.68. The summed E-state index contributed by atoms with van der Waals surface area (Å²) in [6.45, 7) is 0. The van der Waals surface area contributed by atoms with E-state index in [1.165, 1.54) is 4.90 Å². The molecule has 3 heterocycles. The lowest BCUT2D eigenvalue weighted by Gasteiger charge is -2.45. The van der Waals surface area contributed by atoms with Crippen molar-refractivity contribution in [2.24, 2.45) is 0 Å². The number of hydrogen-bond donors (Lipinski definition) is 3. The molecule has 0 saturated carbocycles. The highest BCUT2D eigenvalue weighted by atomic mass is 16.6. The first-order chi connectivity index (χ1) is 7.58. The quantitative estimate of drug-likeness (QED) is 0.452. The molecule has 0 aromatic heterocycles. The molecule has 0 unspecified atom stereocenters. The number of ether oxygens (including phenoxy) is 1. The van der Waals surface area contributed by atoms with Gasteiger partial charge in [0.15, 0.2) is 0 Å². The van der Waals surface area contributed by atoms with Gasteiger partial charge in [-0.3, -0.25) is 15.0 Å². The summed E-state index contributed by atoms with van der Waals surface area (Å²) in [5, 5.41) is 21.8. The molecule has 7 nitrogen and oxygen atoms in total. The Balaban J connectivity index is 1.95. The van der Waals surface area contributed by atoms with Gasteiger partial charge in [0.1, 0.15) is 18.4 Å². The molecule has 3 N–H and O–H groups in total. The molecule has 0 spiro atoms. The lowest BCUT2D eigenvalue weighted by Crippen LogP contribution is -2.66. The summed E-state index contributed by atoms with van der Waals surface area (Å²) in [7, 11) is 0. The van der Waals surface area contributed by atoms with Gasteiger partial charge in [-0.2, -0.15) is 0 Å². The number of fused-ring (bicyclic) bond motifs is 4. The minimum atomic E-state index is -1.01. The minimum Gasteiger partial charge on any atom is -0.390 e. The molecule has 88 valence electrons. The average Bonchev–Trinajstić information content (AvgIpc) is 2.53. The SMILES string of the molecule is O=C1C[C@H]2[C@H](O)[C@H]3O[C@H](C[C@@H]3O)N2C(=O)N1. The predicted molar refractivity (Wildman–Crippen MR) is 49.1 cm³/mol. The van der Waals surface area contributed by atoms with E-state index in [2.05, 4.69) is 5.32 Å². The molecule has 3 fully saturated rings. The maximum atomic E-state index is 11.6. The Morgan fingerprint density at radius 3 is 2.88 bits per heavy atom. The summed E-state index contributed by atoms with van der Waals surface area (Å²) in [6, 6.07) is -1.14. The second-order valence-electron chi connectivity index (χ2n) is 4.38. The van der Waals surface area contributed by atoms with E-state index in [1.54, 1.807) is 0 Å². The Morgan fingerprint density at radius 2 is 2.12 bits per heavy atom. The normalized spacial score (nSPS) is 46.6. The molecule has 0 aromatic carbocycles. The fourth-order valence-electron chi connectivity index (χ4n) is 2.68. The van der Waals surface area contributed by atoms with Crippen molar-refractivity contribution in [3.63, 3.8) is 0 Å². The van der Waals surface area contributed by atoms with Crippen LogP contribution in [0.5, 0.6) is 0 Å². The van der Waals surface area contributed by atoms with Crippen molar-refractivity contribution in [2.45, 2.75) is 43.4 Å². The van der Waals surface area contributed by atoms with Crippen molar-refractivity contribution < 1.29 is 24.5 Å². The molecule has 3 aliphatic heterocycles. The summed E-state index contributed by atoms with van der Waals surface area (Å²) in [5.74, 6) is -0.402. The zero-order valence-electron chi connectivity index (χ0n) is 8.37. The van der Waals surface area contributed by atoms with Gasteiger partial charge in [-0.25, -0.2) is 4.79 Å². The summed E-state index contributed by atoms with van der Waals surface area (Å²) < 4.78 is 5.35. The van der Waals surface area contributed by atoms with Crippen molar-refractivity contribution in [3.05, 3.63) is 0 Å². The smallest absolute Gasteiger partial charge is 0.326 e. The number of carbonyl (C=O) groups excluding carboxylic acids is 2. The van der Waals surface area contributed by atoms with Crippen molar-refractivity contribution >= 4 is 11.9 Å². The van der Waals surface area contributed by atoms with Gasteiger partial charge in [0.25, 0.3) is 0 Å². The topological polar surface area (TPSA) is 99.1 Å². The van der Waals surface area contributed by atoms with Crippen LogP contribution in [0.4, 0.5) is 4.79 Å². The maximum absolute atomic E-state index is 11.6. The highest BCUT2D eigenvalue weighted by Gasteiger charge is 2.55. The number of rotatable bonds is 0. The van der Waals surface area contributed by atoms with Gasteiger partial charge in [-0.1, -0.05) is 0 Å². The van der Waals surface area contributed by atoms with Crippen LogP contribution in [0.25, 0.3) is 0 Å². The Morgan fingerprint density at radius 1 is 1.38 bits per heavy atom. The van der Waals surface area contributed by atoms with E-state index >= 15 is 0 Å². The van der Waals surface area contributed by atoms with E-state index in [-0.39, 0.29) is 12.8 Å². The fraction of sp³-hybridized carbons (Fsp3) is 0.778. The second-order valence-corrected chi connectivity index (χ2v) is 4.38. The number of nitrogens with one attached hydrogen (secondary N) is 1. The molecule has 0 aliphatic carbocycles. The Labute approximate surface area is 91.0 Å².